The van der Waals surface area contributed by atoms with Gasteiger partial charge in [0.1, 0.15) is 11.9 Å². The number of hydrogen-bond acceptors (Lipinski definition) is 11. The molecule has 1 unspecified atom stereocenters. The van der Waals surface area contributed by atoms with Gasteiger partial charge in [0.15, 0.2) is 11.5 Å². The maximum absolute atomic E-state index is 13.3. The van der Waals surface area contributed by atoms with Gasteiger partial charge in [-0.05, 0) is 106 Å². The van der Waals surface area contributed by atoms with Crippen LogP contribution in [0.1, 0.15) is 79.4 Å². The first-order valence-corrected chi connectivity index (χ1v) is 21.8. The summed E-state index contributed by atoms with van der Waals surface area (Å²) in [6, 6.07) is 13.9. The first kappa shape index (κ1) is 40.4. The molecule has 5 fully saturated rings. The number of nitrogens with two attached hydrogens (primary N) is 1. The number of carbonyl (C=O) groups is 4. The molecule has 0 aliphatic carbocycles. The SMILES string of the molecule is CN1CCN([C@@H]2CCCN(c3cnc(C(N)=O)c(Nc4ccc(C5CCN(CC6CCN(c7ccc8c(c7)n(C)c(=O)n8C7CCC(=O)NC7=O)CC6)CC5)cc4)n3)C2)C1=O. The minimum absolute atomic E-state index is 0.0684. The van der Waals surface area contributed by atoms with E-state index in [4.69, 9.17) is 10.7 Å². The molecule has 2 atom stereocenters. The summed E-state index contributed by atoms with van der Waals surface area (Å²) >= 11 is 0. The molecule has 0 bridgehead atoms. The van der Waals surface area contributed by atoms with Crippen molar-refractivity contribution < 1.29 is 19.2 Å². The standard InChI is InChI=1S/C44H56N12O5/c1-50-22-23-55(43(50)60)33-4-3-17-54(27-33)37-25-46-39(40(45)58)41(48-37)47-31-7-5-29(6-8-31)30-15-18-52(19-16-30)26-28-13-20-53(21-14-28)32-9-10-34-36(24-32)51(2)44(61)56(34)35-11-12-38(57)49-42(35)59/h5-10,24-25,28,30,33,35H,3-4,11-23,26-27H2,1-2H3,(H2,45,58)(H,47,48)(H,49,57,59)/t33-,35?/m1/s1. The van der Waals surface area contributed by atoms with E-state index in [2.05, 4.69) is 48.5 Å². The van der Waals surface area contributed by atoms with E-state index < -0.39 is 17.9 Å². The molecule has 9 rings (SSSR count). The van der Waals surface area contributed by atoms with Crippen LogP contribution in [-0.2, 0) is 16.6 Å². The van der Waals surface area contributed by atoms with Gasteiger partial charge in [-0.2, -0.15) is 0 Å². The number of fused-ring (bicyclic) bond motifs is 1. The van der Waals surface area contributed by atoms with Crippen LogP contribution >= 0.6 is 0 Å². The van der Waals surface area contributed by atoms with Gasteiger partial charge in [0.25, 0.3) is 5.91 Å². The second-order valence-electron chi connectivity index (χ2n) is 17.5. The lowest BCUT2D eigenvalue weighted by molar-refractivity contribution is -0.135. The number of anilines is 4. The zero-order chi connectivity index (χ0) is 42.4. The van der Waals surface area contributed by atoms with Crippen molar-refractivity contribution in [3.8, 4) is 0 Å². The summed E-state index contributed by atoms with van der Waals surface area (Å²) in [5.41, 5.74) is 10.2. The summed E-state index contributed by atoms with van der Waals surface area (Å²) in [4.78, 5) is 82.8. The number of imide groups is 1. The smallest absolute Gasteiger partial charge is 0.329 e. The van der Waals surface area contributed by atoms with Gasteiger partial charge in [0.05, 0.1) is 23.3 Å². The van der Waals surface area contributed by atoms with Gasteiger partial charge >= 0.3 is 11.7 Å². The number of nitrogens with zero attached hydrogens (tertiary/aromatic N) is 9. The number of imidazole rings is 1. The first-order valence-electron chi connectivity index (χ1n) is 21.8. The fourth-order valence-corrected chi connectivity index (χ4v) is 10.2. The maximum atomic E-state index is 13.3. The summed E-state index contributed by atoms with van der Waals surface area (Å²) in [6.07, 6.45) is 8.41. The number of amides is 5. The largest absolute Gasteiger partial charge is 0.371 e. The molecular formula is C44H56N12O5. The number of piperidine rings is 4. The van der Waals surface area contributed by atoms with Crippen molar-refractivity contribution in [2.75, 3.05) is 81.1 Å². The molecule has 4 aromatic rings. The lowest BCUT2D eigenvalue weighted by Crippen LogP contribution is -2.49. The fourth-order valence-electron chi connectivity index (χ4n) is 10.2. The normalized spacial score (nSPS) is 22.4. The average molecular weight is 833 g/mol. The van der Waals surface area contributed by atoms with Crippen molar-refractivity contribution in [3.63, 3.8) is 0 Å². The molecule has 2 aromatic carbocycles. The summed E-state index contributed by atoms with van der Waals surface area (Å²) in [6.45, 7) is 8.02. The van der Waals surface area contributed by atoms with Gasteiger partial charge in [0.2, 0.25) is 11.8 Å². The maximum Gasteiger partial charge on any atom is 0.329 e. The Morgan fingerprint density at radius 3 is 2.33 bits per heavy atom. The first-order chi connectivity index (χ1) is 29.5. The van der Waals surface area contributed by atoms with Crippen LogP contribution in [0.4, 0.5) is 27.8 Å². The highest BCUT2D eigenvalue weighted by molar-refractivity contribution is 6.00. The Morgan fingerprint density at radius 2 is 1.62 bits per heavy atom. The number of likely N-dealkylation sites (tertiary alicyclic amines) is 1. The van der Waals surface area contributed by atoms with E-state index in [-0.39, 0.29) is 35.8 Å². The minimum Gasteiger partial charge on any atom is -0.371 e. The lowest BCUT2D eigenvalue weighted by Gasteiger charge is -2.38. The third kappa shape index (κ3) is 8.14. The molecular weight excluding hydrogens is 777 g/mol. The Bertz CT molecular complexity index is 2380. The van der Waals surface area contributed by atoms with Crippen LogP contribution in [-0.4, -0.2) is 130 Å². The van der Waals surface area contributed by atoms with Crippen molar-refractivity contribution >= 4 is 57.8 Å². The highest BCUT2D eigenvalue weighted by atomic mass is 16.2. The van der Waals surface area contributed by atoms with Gasteiger partial charge in [0, 0.05) is 77.7 Å². The Morgan fingerprint density at radius 1 is 0.852 bits per heavy atom. The van der Waals surface area contributed by atoms with Crippen LogP contribution in [0, 0.1) is 5.92 Å². The summed E-state index contributed by atoms with van der Waals surface area (Å²) < 4.78 is 3.14. The number of hydrogen-bond donors (Lipinski definition) is 3. The molecule has 17 heteroatoms. The predicted octanol–water partition coefficient (Wildman–Crippen LogP) is 3.38. The number of likely N-dealkylation sites (N-methyl/N-ethyl adjacent to an activating group) is 1. The van der Waals surface area contributed by atoms with Crippen LogP contribution in [0.25, 0.3) is 11.0 Å². The molecule has 322 valence electrons. The van der Waals surface area contributed by atoms with Gasteiger partial charge in [-0.3, -0.25) is 28.8 Å². The van der Waals surface area contributed by atoms with Crippen LogP contribution in [0.3, 0.4) is 0 Å². The van der Waals surface area contributed by atoms with E-state index in [9.17, 15) is 24.0 Å². The van der Waals surface area contributed by atoms with Gasteiger partial charge < -0.3 is 35.6 Å². The molecule has 0 spiro atoms. The minimum atomic E-state index is -0.689. The molecule has 2 aromatic heterocycles. The van der Waals surface area contributed by atoms with Crippen LogP contribution < -0.4 is 31.9 Å². The molecule has 5 amide bonds. The van der Waals surface area contributed by atoms with E-state index >= 15 is 0 Å². The Hall–Kier alpha value is -5.97. The number of urea groups is 1. The van der Waals surface area contributed by atoms with Crippen molar-refractivity contribution in [1.82, 2.24) is 39.1 Å². The molecule has 17 nitrogen and oxygen atoms in total. The van der Waals surface area contributed by atoms with Gasteiger partial charge in [-0.15, -0.1) is 0 Å². The van der Waals surface area contributed by atoms with E-state index in [1.807, 2.05) is 36.2 Å². The second kappa shape index (κ2) is 16.8. The number of benzene rings is 2. The molecule has 4 N–H and O–H groups in total. The molecule has 5 aliphatic rings. The summed E-state index contributed by atoms with van der Waals surface area (Å²) in [5.74, 6) is 0.708. The number of carbonyl (C=O) groups excluding carboxylic acids is 4. The summed E-state index contributed by atoms with van der Waals surface area (Å²) in [5, 5.41) is 5.70. The van der Waals surface area contributed by atoms with Gasteiger partial charge in [-0.25, -0.2) is 19.6 Å². The quantitative estimate of drug-likeness (QED) is 0.199. The van der Waals surface area contributed by atoms with E-state index in [0.29, 0.717) is 42.0 Å². The molecule has 0 saturated carbocycles. The van der Waals surface area contributed by atoms with E-state index in [0.717, 1.165) is 108 Å². The zero-order valence-corrected chi connectivity index (χ0v) is 35.1. The highest BCUT2D eigenvalue weighted by Gasteiger charge is 2.35. The third-order valence-corrected chi connectivity index (χ3v) is 13.7. The number of aryl methyl sites for hydroxylation is 1. The molecule has 5 aliphatic heterocycles. The fraction of sp³-hybridized carbons (Fsp3) is 0.523. The molecule has 0 radical (unpaired) electrons. The Balaban J connectivity index is 0.766. The van der Waals surface area contributed by atoms with Crippen LogP contribution in [0.15, 0.2) is 53.5 Å². The Labute approximate surface area is 354 Å². The Kier molecular flexibility index (Phi) is 11.2. The van der Waals surface area contributed by atoms with Crippen LogP contribution in [0.5, 0.6) is 0 Å². The number of primary amides is 1. The molecule has 7 heterocycles. The predicted molar refractivity (Wildman–Crippen MR) is 232 cm³/mol. The number of nitrogens with one attached hydrogen (secondary N) is 2. The molecule has 5 saturated heterocycles. The van der Waals surface area contributed by atoms with E-state index in [1.165, 1.54) is 10.1 Å². The average Bonchev–Trinajstić information content (AvgIpc) is 3.73. The molecule has 61 heavy (non-hydrogen) atoms. The van der Waals surface area contributed by atoms with Crippen molar-refractivity contribution in [2.24, 2.45) is 18.7 Å². The second-order valence-corrected chi connectivity index (χ2v) is 17.5. The van der Waals surface area contributed by atoms with E-state index in [1.54, 1.807) is 22.7 Å². The lowest BCUT2D eigenvalue weighted by atomic mass is 9.88. The monoisotopic (exact) mass is 832 g/mol. The number of aromatic nitrogens is 4. The number of rotatable bonds is 10. The van der Waals surface area contributed by atoms with Crippen molar-refractivity contribution in [3.05, 3.63) is 70.4 Å². The topological polar surface area (TPSA) is 187 Å². The van der Waals surface area contributed by atoms with Gasteiger partial charge in [-0.1, -0.05) is 12.1 Å². The van der Waals surface area contributed by atoms with Crippen LogP contribution in [0.2, 0.25) is 0 Å². The van der Waals surface area contributed by atoms with Crippen molar-refractivity contribution in [1.29, 1.82) is 0 Å². The summed E-state index contributed by atoms with van der Waals surface area (Å²) in [7, 11) is 3.58. The third-order valence-electron chi connectivity index (χ3n) is 13.7. The zero-order valence-electron chi connectivity index (χ0n) is 35.1. The van der Waals surface area contributed by atoms with Crippen molar-refractivity contribution in [2.45, 2.75) is 69.4 Å². The highest BCUT2D eigenvalue weighted by Crippen LogP contribution is 2.33.